The summed E-state index contributed by atoms with van der Waals surface area (Å²) in [6.45, 7) is 6.67. The first-order valence-electron chi connectivity index (χ1n) is 8.31. The number of fused-ring (bicyclic) bond motifs is 1. The van der Waals surface area contributed by atoms with Crippen molar-refractivity contribution >= 4 is 10.9 Å². The first kappa shape index (κ1) is 16.4. The van der Waals surface area contributed by atoms with Crippen LogP contribution in [0.4, 0.5) is 4.39 Å². The number of aryl methyl sites for hydroxylation is 1. The molecule has 0 saturated carbocycles. The fourth-order valence-electron chi connectivity index (χ4n) is 3.35. The molecule has 1 aromatic heterocycles. The summed E-state index contributed by atoms with van der Waals surface area (Å²) in [7, 11) is 0. The van der Waals surface area contributed by atoms with Gasteiger partial charge >= 0.3 is 0 Å². The number of halogens is 1. The van der Waals surface area contributed by atoms with Gasteiger partial charge in [0.15, 0.2) is 0 Å². The van der Waals surface area contributed by atoms with Crippen molar-refractivity contribution in [3.63, 3.8) is 0 Å². The molecule has 0 aliphatic carbocycles. The number of ether oxygens (including phenoxy) is 1. The van der Waals surface area contributed by atoms with Gasteiger partial charge in [0, 0.05) is 36.3 Å². The molecule has 3 rings (SSSR count). The maximum atomic E-state index is 13.5. The van der Waals surface area contributed by atoms with Crippen molar-refractivity contribution in [1.29, 1.82) is 0 Å². The molecule has 1 aliphatic rings. The van der Waals surface area contributed by atoms with E-state index >= 15 is 0 Å². The molecule has 2 atom stereocenters. The van der Waals surface area contributed by atoms with Crippen molar-refractivity contribution in [2.24, 2.45) is 0 Å². The van der Waals surface area contributed by atoms with E-state index in [-0.39, 0.29) is 11.9 Å². The second kappa shape index (κ2) is 6.99. The standard InChI is InChI=1S/C18H25FN2O2/c1-12-13(2)21(18-6-5-14(19)8-17(12)18)11-15(22)9-20-10-16-4-3-7-23-16/h5-6,8,15-16,20,22H,3-4,7,9-11H2,1-2H3/t15-,16-/m0/s1. The number of aliphatic hydroxyl groups excluding tert-OH is 1. The third-order valence-corrected chi connectivity index (χ3v) is 4.77. The van der Waals surface area contributed by atoms with E-state index in [4.69, 9.17) is 4.74 Å². The molecule has 0 bridgehead atoms. The Bertz CT molecular complexity index is 677. The molecule has 0 radical (unpaired) electrons. The van der Waals surface area contributed by atoms with Crippen LogP contribution in [-0.4, -0.2) is 41.6 Å². The van der Waals surface area contributed by atoms with Crippen LogP contribution in [0.2, 0.25) is 0 Å². The van der Waals surface area contributed by atoms with Gasteiger partial charge < -0.3 is 19.7 Å². The summed E-state index contributed by atoms with van der Waals surface area (Å²) in [6, 6.07) is 4.83. The molecule has 4 nitrogen and oxygen atoms in total. The fourth-order valence-corrected chi connectivity index (χ4v) is 3.35. The van der Waals surface area contributed by atoms with Gasteiger partial charge in [-0.05, 0) is 50.5 Å². The molecule has 0 amide bonds. The second-order valence-electron chi connectivity index (χ2n) is 6.43. The number of nitrogens with zero attached hydrogens (tertiary/aromatic N) is 1. The molecular formula is C18H25FN2O2. The number of hydrogen-bond donors (Lipinski definition) is 2. The van der Waals surface area contributed by atoms with Crippen LogP contribution in [0.15, 0.2) is 18.2 Å². The number of benzene rings is 1. The summed E-state index contributed by atoms with van der Waals surface area (Å²) < 4.78 is 21.1. The van der Waals surface area contributed by atoms with Gasteiger partial charge in [-0.1, -0.05) is 0 Å². The topological polar surface area (TPSA) is 46.4 Å². The molecule has 0 unspecified atom stereocenters. The zero-order valence-electron chi connectivity index (χ0n) is 13.8. The minimum absolute atomic E-state index is 0.225. The third-order valence-electron chi connectivity index (χ3n) is 4.77. The summed E-state index contributed by atoms with van der Waals surface area (Å²) in [5.41, 5.74) is 3.11. The summed E-state index contributed by atoms with van der Waals surface area (Å²) in [5, 5.41) is 14.5. The molecule has 126 valence electrons. The van der Waals surface area contributed by atoms with Crippen LogP contribution in [0, 0.1) is 19.7 Å². The van der Waals surface area contributed by atoms with Crippen molar-refractivity contribution < 1.29 is 14.2 Å². The lowest BCUT2D eigenvalue weighted by molar-refractivity contribution is 0.101. The number of rotatable bonds is 6. The van der Waals surface area contributed by atoms with Crippen LogP contribution >= 0.6 is 0 Å². The molecular weight excluding hydrogens is 295 g/mol. The third kappa shape index (κ3) is 3.57. The van der Waals surface area contributed by atoms with E-state index in [2.05, 4.69) is 9.88 Å². The van der Waals surface area contributed by atoms with E-state index in [0.29, 0.717) is 13.1 Å². The number of nitrogens with one attached hydrogen (secondary N) is 1. The summed E-state index contributed by atoms with van der Waals surface area (Å²) in [5.74, 6) is -0.225. The zero-order chi connectivity index (χ0) is 16.4. The first-order chi connectivity index (χ1) is 11.1. The summed E-state index contributed by atoms with van der Waals surface area (Å²) >= 11 is 0. The smallest absolute Gasteiger partial charge is 0.123 e. The van der Waals surface area contributed by atoms with Gasteiger partial charge in [-0.15, -0.1) is 0 Å². The molecule has 1 saturated heterocycles. The molecule has 1 aromatic carbocycles. The van der Waals surface area contributed by atoms with Crippen molar-refractivity contribution in [2.45, 2.75) is 45.4 Å². The van der Waals surface area contributed by atoms with Crippen molar-refractivity contribution in [3.8, 4) is 0 Å². The van der Waals surface area contributed by atoms with E-state index in [9.17, 15) is 9.50 Å². The van der Waals surface area contributed by atoms with Gasteiger partial charge in [-0.2, -0.15) is 0 Å². The Balaban J connectivity index is 1.64. The second-order valence-corrected chi connectivity index (χ2v) is 6.43. The largest absolute Gasteiger partial charge is 0.390 e. The highest BCUT2D eigenvalue weighted by molar-refractivity contribution is 5.85. The minimum Gasteiger partial charge on any atom is -0.390 e. The maximum absolute atomic E-state index is 13.5. The lowest BCUT2D eigenvalue weighted by atomic mass is 10.1. The van der Waals surface area contributed by atoms with Gasteiger partial charge in [0.05, 0.1) is 18.8 Å². The van der Waals surface area contributed by atoms with Crippen molar-refractivity contribution in [3.05, 3.63) is 35.3 Å². The van der Waals surface area contributed by atoms with Gasteiger partial charge in [-0.3, -0.25) is 0 Å². The number of hydrogen-bond acceptors (Lipinski definition) is 3. The van der Waals surface area contributed by atoms with E-state index in [1.54, 1.807) is 12.1 Å². The minimum atomic E-state index is -0.491. The molecule has 2 aromatic rings. The fraction of sp³-hybridized carbons (Fsp3) is 0.556. The molecule has 23 heavy (non-hydrogen) atoms. The summed E-state index contributed by atoms with van der Waals surface area (Å²) in [4.78, 5) is 0. The van der Waals surface area contributed by atoms with E-state index in [0.717, 1.165) is 48.2 Å². The van der Waals surface area contributed by atoms with E-state index < -0.39 is 6.10 Å². The first-order valence-corrected chi connectivity index (χ1v) is 8.31. The predicted octanol–water partition coefficient (Wildman–Crippen LogP) is 2.53. The highest BCUT2D eigenvalue weighted by Crippen LogP contribution is 2.26. The SMILES string of the molecule is Cc1c(C)n(C[C@@H](O)CNC[C@@H]2CCCO2)c2ccc(F)cc12. The lowest BCUT2D eigenvalue weighted by Crippen LogP contribution is -2.35. The average Bonchev–Trinajstić information content (AvgIpc) is 3.11. The molecule has 1 aliphatic heterocycles. The Morgan fingerprint density at radius 3 is 3.00 bits per heavy atom. The molecule has 1 fully saturated rings. The van der Waals surface area contributed by atoms with Gasteiger partial charge in [0.1, 0.15) is 5.82 Å². The highest BCUT2D eigenvalue weighted by Gasteiger charge is 2.17. The van der Waals surface area contributed by atoms with E-state index in [1.165, 1.54) is 6.07 Å². The predicted molar refractivity (Wildman–Crippen MR) is 89.2 cm³/mol. The van der Waals surface area contributed by atoms with Crippen LogP contribution in [-0.2, 0) is 11.3 Å². The zero-order valence-corrected chi connectivity index (χ0v) is 13.8. The Hall–Kier alpha value is -1.43. The van der Waals surface area contributed by atoms with Crippen LogP contribution in [0.5, 0.6) is 0 Å². The number of aliphatic hydroxyl groups is 1. The Morgan fingerprint density at radius 1 is 1.43 bits per heavy atom. The van der Waals surface area contributed by atoms with E-state index in [1.807, 2.05) is 13.8 Å². The Morgan fingerprint density at radius 2 is 2.26 bits per heavy atom. The van der Waals surface area contributed by atoms with Crippen LogP contribution in [0.3, 0.4) is 0 Å². The Labute approximate surface area is 136 Å². The quantitative estimate of drug-likeness (QED) is 0.860. The van der Waals surface area contributed by atoms with Gasteiger partial charge in [0.25, 0.3) is 0 Å². The average molecular weight is 320 g/mol. The molecule has 0 spiro atoms. The Kier molecular flexibility index (Phi) is 4.99. The van der Waals surface area contributed by atoms with Gasteiger partial charge in [0.2, 0.25) is 0 Å². The molecule has 2 N–H and O–H groups in total. The van der Waals surface area contributed by atoms with Gasteiger partial charge in [-0.25, -0.2) is 4.39 Å². The maximum Gasteiger partial charge on any atom is 0.123 e. The molecule has 5 heteroatoms. The normalized spacial score (nSPS) is 19.6. The monoisotopic (exact) mass is 320 g/mol. The van der Waals surface area contributed by atoms with Crippen molar-refractivity contribution in [1.82, 2.24) is 9.88 Å². The van der Waals surface area contributed by atoms with Crippen LogP contribution in [0.1, 0.15) is 24.1 Å². The lowest BCUT2D eigenvalue weighted by Gasteiger charge is -2.17. The summed E-state index contributed by atoms with van der Waals surface area (Å²) in [6.07, 6.45) is 2.01. The van der Waals surface area contributed by atoms with Crippen LogP contribution in [0.25, 0.3) is 10.9 Å². The molecule has 2 heterocycles. The number of aromatic nitrogens is 1. The van der Waals surface area contributed by atoms with Crippen molar-refractivity contribution in [2.75, 3.05) is 19.7 Å². The highest BCUT2D eigenvalue weighted by atomic mass is 19.1. The van der Waals surface area contributed by atoms with Crippen LogP contribution < -0.4 is 5.32 Å².